The second kappa shape index (κ2) is 7.02. The Bertz CT molecular complexity index is 415. The summed E-state index contributed by atoms with van der Waals surface area (Å²) in [6, 6.07) is 2.68. The zero-order valence-corrected chi connectivity index (χ0v) is 11.2. The van der Waals surface area contributed by atoms with Crippen molar-refractivity contribution in [3.05, 3.63) is 22.2 Å². The van der Waals surface area contributed by atoms with Crippen molar-refractivity contribution in [1.29, 1.82) is 0 Å². The van der Waals surface area contributed by atoms with Gasteiger partial charge in [0.25, 0.3) is 5.69 Å². The third kappa shape index (κ3) is 4.38. The van der Waals surface area contributed by atoms with Gasteiger partial charge in [-0.2, -0.15) is 11.8 Å². The van der Waals surface area contributed by atoms with Crippen LogP contribution >= 0.6 is 11.8 Å². The predicted molar refractivity (Wildman–Crippen MR) is 74.8 cm³/mol. The van der Waals surface area contributed by atoms with Crippen molar-refractivity contribution in [1.82, 2.24) is 4.98 Å². The highest BCUT2D eigenvalue weighted by Gasteiger charge is 2.10. The maximum absolute atomic E-state index is 10.7. The third-order valence-corrected chi connectivity index (χ3v) is 3.47. The van der Waals surface area contributed by atoms with E-state index in [0.29, 0.717) is 17.6 Å². The van der Waals surface area contributed by atoms with Crippen LogP contribution in [-0.4, -0.2) is 28.0 Å². The van der Waals surface area contributed by atoms with Crippen molar-refractivity contribution in [3.8, 4) is 0 Å². The van der Waals surface area contributed by atoms with Gasteiger partial charge in [0.05, 0.1) is 17.1 Å². The quantitative estimate of drug-likeness (QED) is 0.394. The Morgan fingerprint density at radius 3 is 2.78 bits per heavy atom. The minimum absolute atomic E-state index is 0.0432. The molecule has 7 nitrogen and oxygen atoms in total. The van der Waals surface area contributed by atoms with E-state index in [9.17, 15) is 10.1 Å². The number of anilines is 2. The summed E-state index contributed by atoms with van der Waals surface area (Å²) in [6.45, 7) is 2.83. The van der Waals surface area contributed by atoms with Crippen molar-refractivity contribution < 1.29 is 4.92 Å². The average Bonchev–Trinajstić information content (AvgIpc) is 2.37. The number of rotatable bonds is 7. The number of hydrogen-bond acceptors (Lipinski definition) is 7. The highest BCUT2D eigenvalue weighted by Crippen LogP contribution is 2.20. The number of hydrazine groups is 1. The van der Waals surface area contributed by atoms with Gasteiger partial charge in [0.1, 0.15) is 11.6 Å². The lowest BCUT2D eigenvalue weighted by Gasteiger charge is -2.10. The fourth-order valence-corrected chi connectivity index (χ4v) is 1.66. The fourth-order valence-electron chi connectivity index (χ4n) is 1.31. The summed E-state index contributed by atoms with van der Waals surface area (Å²) in [7, 11) is 0. The summed E-state index contributed by atoms with van der Waals surface area (Å²) >= 11 is 1.77. The van der Waals surface area contributed by atoms with Crippen LogP contribution in [-0.2, 0) is 0 Å². The monoisotopic (exact) mass is 271 g/mol. The van der Waals surface area contributed by atoms with Crippen LogP contribution in [0.15, 0.2) is 12.1 Å². The molecule has 1 heterocycles. The SMILES string of the molecule is CSC(C)CCNc1cc([N+](=O)[O-])cc(NN)n1. The normalized spacial score (nSPS) is 11.9. The zero-order valence-electron chi connectivity index (χ0n) is 10.3. The van der Waals surface area contributed by atoms with Gasteiger partial charge in [0, 0.05) is 11.8 Å². The number of aromatic nitrogens is 1. The number of hydrogen-bond donors (Lipinski definition) is 3. The van der Waals surface area contributed by atoms with Crippen LogP contribution in [0.25, 0.3) is 0 Å². The van der Waals surface area contributed by atoms with Gasteiger partial charge in [0.2, 0.25) is 0 Å². The van der Waals surface area contributed by atoms with Gasteiger partial charge in [-0.1, -0.05) is 6.92 Å². The van der Waals surface area contributed by atoms with Crippen molar-refractivity contribution in [3.63, 3.8) is 0 Å². The first-order valence-corrected chi connectivity index (χ1v) is 6.75. The number of nitro groups is 1. The number of nitrogens with zero attached hydrogens (tertiary/aromatic N) is 2. The first kappa shape index (κ1) is 14.5. The van der Waals surface area contributed by atoms with E-state index in [4.69, 9.17) is 5.84 Å². The largest absolute Gasteiger partial charge is 0.370 e. The van der Waals surface area contributed by atoms with Gasteiger partial charge in [-0.15, -0.1) is 0 Å². The highest BCUT2D eigenvalue weighted by molar-refractivity contribution is 7.99. The molecule has 1 aromatic heterocycles. The Morgan fingerprint density at radius 1 is 1.56 bits per heavy atom. The van der Waals surface area contributed by atoms with Crippen LogP contribution in [0, 0.1) is 10.1 Å². The van der Waals surface area contributed by atoms with Crippen LogP contribution in [0.5, 0.6) is 0 Å². The Kier molecular flexibility index (Phi) is 5.66. The van der Waals surface area contributed by atoms with E-state index < -0.39 is 4.92 Å². The molecular formula is C10H17N5O2S. The van der Waals surface area contributed by atoms with Gasteiger partial charge in [-0.3, -0.25) is 10.1 Å². The first-order valence-electron chi connectivity index (χ1n) is 5.46. The van der Waals surface area contributed by atoms with Crippen LogP contribution in [0.1, 0.15) is 13.3 Å². The molecule has 0 aliphatic rings. The van der Waals surface area contributed by atoms with Gasteiger partial charge >= 0.3 is 0 Å². The first-order chi connectivity index (χ1) is 8.56. The summed E-state index contributed by atoms with van der Waals surface area (Å²) in [4.78, 5) is 14.4. The summed E-state index contributed by atoms with van der Waals surface area (Å²) in [5, 5.41) is 14.3. The molecule has 1 unspecified atom stereocenters. The molecule has 0 saturated carbocycles. The molecule has 0 bridgehead atoms. The molecule has 100 valence electrons. The number of pyridine rings is 1. The molecule has 0 spiro atoms. The molecule has 0 fully saturated rings. The summed E-state index contributed by atoms with van der Waals surface area (Å²) in [5.74, 6) is 5.94. The molecule has 0 amide bonds. The van der Waals surface area contributed by atoms with Gasteiger partial charge in [-0.05, 0) is 12.7 Å². The zero-order chi connectivity index (χ0) is 13.5. The van der Waals surface area contributed by atoms with Crippen LogP contribution < -0.4 is 16.6 Å². The molecule has 4 N–H and O–H groups in total. The van der Waals surface area contributed by atoms with Crippen molar-refractivity contribution >= 4 is 29.1 Å². The Hall–Kier alpha value is -1.54. The lowest BCUT2D eigenvalue weighted by Crippen LogP contribution is -2.12. The van der Waals surface area contributed by atoms with E-state index in [1.807, 2.05) is 6.26 Å². The number of nitrogens with two attached hydrogens (primary N) is 1. The molecule has 0 aromatic carbocycles. The smallest absolute Gasteiger partial charge is 0.276 e. The van der Waals surface area contributed by atoms with Crippen LogP contribution in [0.3, 0.4) is 0 Å². The Balaban J connectivity index is 2.69. The Morgan fingerprint density at radius 2 is 2.22 bits per heavy atom. The van der Waals surface area contributed by atoms with E-state index in [2.05, 4.69) is 22.7 Å². The van der Waals surface area contributed by atoms with E-state index in [0.717, 1.165) is 6.42 Å². The van der Waals surface area contributed by atoms with Gasteiger partial charge < -0.3 is 10.7 Å². The fraction of sp³-hybridized carbons (Fsp3) is 0.500. The van der Waals surface area contributed by atoms with Crippen molar-refractivity contribution in [2.45, 2.75) is 18.6 Å². The number of nitrogens with one attached hydrogen (secondary N) is 2. The van der Waals surface area contributed by atoms with E-state index in [1.54, 1.807) is 11.8 Å². The third-order valence-electron chi connectivity index (χ3n) is 2.43. The van der Waals surface area contributed by atoms with Gasteiger partial charge in [0.15, 0.2) is 0 Å². The molecule has 1 aromatic rings. The van der Waals surface area contributed by atoms with Crippen LogP contribution in [0.4, 0.5) is 17.3 Å². The van der Waals surface area contributed by atoms with Crippen molar-refractivity contribution in [2.24, 2.45) is 5.84 Å². The molecule has 0 saturated heterocycles. The van der Waals surface area contributed by atoms with E-state index >= 15 is 0 Å². The van der Waals surface area contributed by atoms with E-state index in [1.165, 1.54) is 12.1 Å². The molecule has 8 heteroatoms. The number of thioether (sulfide) groups is 1. The summed E-state index contributed by atoms with van der Waals surface area (Å²) < 4.78 is 0. The topological polar surface area (TPSA) is 106 Å². The van der Waals surface area contributed by atoms with E-state index in [-0.39, 0.29) is 11.5 Å². The van der Waals surface area contributed by atoms with Gasteiger partial charge in [-0.25, -0.2) is 10.8 Å². The standard InChI is InChI=1S/C10H17N5O2S/c1-7(18-2)3-4-12-9-5-8(15(16)17)6-10(13-9)14-11/h5-7H,3-4,11H2,1-2H3,(H2,12,13,14). The molecular weight excluding hydrogens is 254 g/mol. The molecule has 0 aliphatic heterocycles. The maximum Gasteiger partial charge on any atom is 0.276 e. The minimum Gasteiger partial charge on any atom is -0.370 e. The molecule has 1 atom stereocenters. The second-order valence-corrected chi connectivity index (χ2v) is 5.04. The lowest BCUT2D eigenvalue weighted by molar-refractivity contribution is -0.384. The minimum atomic E-state index is -0.474. The Labute approximate surface area is 110 Å². The molecule has 18 heavy (non-hydrogen) atoms. The summed E-state index contributed by atoms with van der Waals surface area (Å²) in [5.41, 5.74) is 2.27. The van der Waals surface area contributed by atoms with Crippen molar-refractivity contribution in [2.75, 3.05) is 23.5 Å². The molecule has 0 aliphatic carbocycles. The molecule has 1 rings (SSSR count). The predicted octanol–water partition coefficient (Wildman–Crippen LogP) is 1.83. The summed E-state index contributed by atoms with van der Waals surface area (Å²) in [6.07, 6.45) is 3.00. The lowest BCUT2D eigenvalue weighted by atomic mass is 10.3. The number of nitrogen functional groups attached to an aromatic ring is 1. The highest BCUT2D eigenvalue weighted by atomic mass is 32.2. The van der Waals surface area contributed by atoms with Crippen LogP contribution in [0.2, 0.25) is 0 Å². The molecule has 0 radical (unpaired) electrons. The average molecular weight is 271 g/mol. The maximum atomic E-state index is 10.7. The second-order valence-electron chi connectivity index (χ2n) is 3.76.